The number of nitrogens with one attached hydrogen (secondary N) is 1. The summed E-state index contributed by atoms with van der Waals surface area (Å²) < 4.78 is 10.8. The highest BCUT2D eigenvalue weighted by Gasteiger charge is 2.29. The molecule has 0 saturated carbocycles. The third-order valence-corrected chi connectivity index (χ3v) is 5.77. The van der Waals surface area contributed by atoms with Crippen molar-refractivity contribution in [3.05, 3.63) is 45.3 Å². The Bertz CT molecular complexity index is 856. The zero-order valence-electron chi connectivity index (χ0n) is 15.5. The van der Waals surface area contributed by atoms with Crippen molar-refractivity contribution in [3.8, 4) is 5.75 Å². The first-order valence-electron chi connectivity index (χ1n) is 8.68. The van der Waals surface area contributed by atoms with Gasteiger partial charge < -0.3 is 14.8 Å². The van der Waals surface area contributed by atoms with Crippen molar-refractivity contribution in [1.82, 2.24) is 0 Å². The lowest BCUT2D eigenvalue weighted by Gasteiger charge is -2.17. The number of methoxy groups -OCH3 is 1. The fourth-order valence-corrected chi connectivity index (χ4v) is 4.38. The summed E-state index contributed by atoms with van der Waals surface area (Å²) in [5.74, 6) is 0.00768. The number of hydrogen-bond acceptors (Lipinski definition) is 5. The normalized spacial score (nSPS) is 13.8. The van der Waals surface area contributed by atoms with Gasteiger partial charge in [-0.05, 0) is 62.8 Å². The number of carbonyl (C=O) groups excluding carboxylic acids is 2. The average molecular weight is 373 g/mol. The molecule has 1 unspecified atom stereocenters. The van der Waals surface area contributed by atoms with Gasteiger partial charge in [0.15, 0.2) is 6.10 Å². The number of ether oxygens (including phenoxy) is 2. The van der Waals surface area contributed by atoms with E-state index < -0.39 is 12.1 Å². The number of carbonyl (C=O) groups is 2. The number of thiophene rings is 1. The lowest BCUT2D eigenvalue weighted by molar-refractivity contribution is -0.122. The van der Waals surface area contributed by atoms with Crippen LogP contribution in [0.25, 0.3) is 0 Å². The molecule has 0 aliphatic heterocycles. The molecule has 1 aliphatic rings. The molecule has 0 radical (unpaired) electrons. The lowest BCUT2D eigenvalue weighted by atomic mass is 10.1. The Kier molecular flexibility index (Phi) is 5.32. The van der Waals surface area contributed by atoms with Gasteiger partial charge in [-0.25, -0.2) is 4.79 Å². The summed E-state index contributed by atoms with van der Waals surface area (Å²) in [5, 5.41) is 3.42. The molecular formula is C20H23NO4S. The zero-order valence-corrected chi connectivity index (χ0v) is 16.3. The van der Waals surface area contributed by atoms with E-state index in [0.29, 0.717) is 16.3 Å². The number of benzene rings is 1. The maximum absolute atomic E-state index is 12.6. The molecule has 1 aromatic heterocycles. The van der Waals surface area contributed by atoms with Gasteiger partial charge in [-0.1, -0.05) is 12.1 Å². The van der Waals surface area contributed by atoms with E-state index in [1.54, 1.807) is 6.92 Å². The largest absolute Gasteiger partial charge is 0.481 e. The molecule has 1 heterocycles. The van der Waals surface area contributed by atoms with E-state index in [9.17, 15) is 9.59 Å². The monoisotopic (exact) mass is 373 g/mol. The number of aryl methyl sites for hydroxylation is 3. The van der Waals surface area contributed by atoms with Crippen LogP contribution in [0.3, 0.4) is 0 Å². The number of amides is 1. The quantitative estimate of drug-likeness (QED) is 0.803. The molecule has 1 aliphatic carbocycles. The Labute approximate surface area is 157 Å². The van der Waals surface area contributed by atoms with Crippen LogP contribution in [0.2, 0.25) is 0 Å². The first-order chi connectivity index (χ1) is 12.4. The molecule has 2 aromatic rings. The standard InChI is InChI=1S/C20H23NO4S/c1-11-8-9-12(2)15(10-11)25-13(3)18(22)21-19-17(20(23)24-4)14-6-5-7-16(14)26-19/h8-10,13H,5-7H2,1-4H3,(H,21,22). The van der Waals surface area contributed by atoms with Gasteiger partial charge >= 0.3 is 5.97 Å². The second kappa shape index (κ2) is 7.50. The fourth-order valence-electron chi connectivity index (χ4n) is 3.10. The molecule has 138 valence electrons. The number of hydrogen-bond donors (Lipinski definition) is 1. The molecule has 0 fully saturated rings. The van der Waals surface area contributed by atoms with Crippen LogP contribution in [0, 0.1) is 13.8 Å². The summed E-state index contributed by atoms with van der Waals surface area (Å²) in [6, 6.07) is 5.88. The van der Waals surface area contributed by atoms with Gasteiger partial charge in [0, 0.05) is 4.88 Å². The summed E-state index contributed by atoms with van der Waals surface area (Å²) in [4.78, 5) is 26.0. The van der Waals surface area contributed by atoms with Gasteiger partial charge in [-0.15, -0.1) is 11.3 Å². The third kappa shape index (κ3) is 3.60. The molecule has 1 aromatic carbocycles. The maximum Gasteiger partial charge on any atom is 0.341 e. The minimum absolute atomic E-state index is 0.281. The van der Waals surface area contributed by atoms with E-state index in [-0.39, 0.29) is 5.91 Å². The van der Waals surface area contributed by atoms with E-state index in [4.69, 9.17) is 9.47 Å². The lowest BCUT2D eigenvalue weighted by Crippen LogP contribution is -2.30. The minimum atomic E-state index is -0.682. The zero-order chi connectivity index (χ0) is 18.8. The van der Waals surface area contributed by atoms with Gasteiger partial charge in [0.25, 0.3) is 5.91 Å². The van der Waals surface area contributed by atoms with Crippen molar-refractivity contribution < 1.29 is 19.1 Å². The van der Waals surface area contributed by atoms with Gasteiger partial charge in [0.1, 0.15) is 10.8 Å². The predicted octanol–water partition coefficient (Wildman–Crippen LogP) is 4.05. The Morgan fingerprint density at radius 1 is 1.23 bits per heavy atom. The van der Waals surface area contributed by atoms with Gasteiger partial charge in [-0.3, -0.25) is 4.79 Å². The van der Waals surface area contributed by atoms with E-state index in [1.165, 1.54) is 18.4 Å². The molecule has 26 heavy (non-hydrogen) atoms. The second-order valence-corrected chi connectivity index (χ2v) is 7.68. The number of anilines is 1. The molecule has 0 saturated heterocycles. The molecule has 0 bridgehead atoms. The molecule has 3 rings (SSSR count). The van der Waals surface area contributed by atoms with Crippen LogP contribution in [0.4, 0.5) is 5.00 Å². The van der Waals surface area contributed by atoms with Crippen LogP contribution in [0.5, 0.6) is 5.75 Å². The Morgan fingerprint density at radius 2 is 2.00 bits per heavy atom. The number of esters is 1. The summed E-state index contributed by atoms with van der Waals surface area (Å²) in [6.07, 6.45) is 2.14. The molecule has 1 atom stereocenters. The van der Waals surface area contributed by atoms with E-state index in [1.807, 2.05) is 32.0 Å². The number of rotatable bonds is 5. The highest BCUT2D eigenvalue weighted by Crippen LogP contribution is 2.39. The smallest absolute Gasteiger partial charge is 0.341 e. The number of fused-ring (bicyclic) bond motifs is 1. The van der Waals surface area contributed by atoms with Crippen molar-refractivity contribution in [2.24, 2.45) is 0 Å². The molecule has 0 spiro atoms. The highest BCUT2D eigenvalue weighted by molar-refractivity contribution is 7.17. The average Bonchev–Trinajstić information content (AvgIpc) is 3.18. The third-order valence-electron chi connectivity index (χ3n) is 4.56. The molecule has 6 heteroatoms. The molecular weight excluding hydrogens is 350 g/mol. The molecule has 5 nitrogen and oxygen atoms in total. The molecule has 1 amide bonds. The van der Waals surface area contributed by atoms with Gasteiger partial charge in [-0.2, -0.15) is 0 Å². The van der Waals surface area contributed by atoms with Crippen LogP contribution in [0.1, 0.15) is 45.3 Å². The fraction of sp³-hybridized carbons (Fsp3) is 0.400. The molecule has 1 N–H and O–H groups in total. The summed E-state index contributed by atoms with van der Waals surface area (Å²) >= 11 is 1.46. The van der Waals surface area contributed by atoms with Crippen molar-refractivity contribution in [3.63, 3.8) is 0 Å². The summed E-state index contributed by atoms with van der Waals surface area (Å²) in [5.41, 5.74) is 3.55. The highest BCUT2D eigenvalue weighted by atomic mass is 32.1. The van der Waals surface area contributed by atoms with Gasteiger partial charge in [0.2, 0.25) is 0 Å². The van der Waals surface area contributed by atoms with Crippen LogP contribution in [-0.4, -0.2) is 25.1 Å². The first kappa shape index (κ1) is 18.5. The van der Waals surface area contributed by atoms with Gasteiger partial charge in [0.05, 0.1) is 12.7 Å². The van der Waals surface area contributed by atoms with Crippen LogP contribution in [-0.2, 0) is 22.4 Å². The SMILES string of the molecule is COC(=O)c1c(NC(=O)C(C)Oc2cc(C)ccc2C)sc2c1CCC2. The maximum atomic E-state index is 12.6. The first-order valence-corrected chi connectivity index (χ1v) is 9.50. The van der Waals surface area contributed by atoms with Crippen molar-refractivity contribution >= 4 is 28.2 Å². The van der Waals surface area contributed by atoms with Crippen molar-refractivity contribution in [1.29, 1.82) is 0 Å². The Hall–Kier alpha value is -2.34. The Balaban J connectivity index is 1.77. The topological polar surface area (TPSA) is 64.6 Å². The van der Waals surface area contributed by atoms with Crippen molar-refractivity contribution in [2.45, 2.75) is 46.1 Å². The van der Waals surface area contributed by atoms with Crippen LogP contribution >= 0.6 is 11.3 Å². The Morgan fingerprint density at radius 3 is 2.73 bits per heavy atom. The minimum Gasteiger partial charge on any atom is -0.481 e. The summed E-state index contributed by atoms with van der Waals surface area (Å²) in [7, 11) is 1.36. The van der Waals surface area contributed by atoms with E-state index in [0.717, 1.165) is 40.8 Å². The van der Waals surface area contributed by atoms with E-state index in [2.05, 4.69) is 5.32 Å². The van der Waals surface area contributed by atoms with E-state index >= 15 is 0 Å². The van der Waals surface area contributed by atoms with Crippen LogP contribution in [0.15, 0.2) is 18.2 Å². The van der Waals surface area contributed by atoms with Crippen molar-refractivity contribution in [2.75, 3.05) is 12.4 Å². The summed E-state index contributed by atoms with van der Waals surface area (Å²) in [6.45, 7) is 5.63. The van der Waals surface area contributed by atoms with Crippen LogP contribution < -0.4 is 10.1 Å². The predicted molar refractivity (Wildman–Crippen MR) is 102 cm³/mol. The second-order valence-electron chi connectivity index (χ2n) is 6.57.